The molecule has 0 unspecified atom stereocenters. The summed E-state index contributed by atoms with van der Waals surface area (Å²) in [6, 6.07) is 0. The predicted octanol–water partition coefficient (Wildman–Crippen LogP) is 1.83. The van der Waals surface area contributed by atoms with Crippen molar-refractivity contribution in [2.24, 2.45) is 13.0 Å². The summed E-state index contributed by atoms with van der Waals surface area (Å²) in [7, 11) is 1.92. The van der Waals surface area contributed by atoms with E-state index >= 15 is 0 Å². The topological polar surface area (TPSA) is 61.7 Å². The van der Waals surface area contributed by atoms with Gasteiger partial charge in [-0.25, -0.2) is 4.98 Å². The molecule has 2 heterocycles. The van der Waals surface area contributed by atoms with E-state index in [4.69, 9.17) is 5.73 Å². The molecule has 0 bridgehead atoms. The molecule has 2 N–H and O–H groups in total. The normalized spacial score (nSPS) is 11.4. The second-order valence-electron chi connectivity index (χ2n) is 4.79. The molecule has 0 fully saturated rings. The number of rotatable bonds is 3. The first-order valence-corrected chi connectivity index (χ1v) is 5.80. The Hall–Kier alpha value is -1.78. The first kappa shape index (κ1) is 11.7. The molecule has 0 radical (unpaired) electrons. The van der Waals surface area contributed by atoms with Crippen LogP contribution in [0.5, 0.6) is 0 Å². The van der Waals surface area contributed by atoms with Crippen molar-refractivity contribution in [2.45, 2.75) is 27.3 Å². The van der Waals surface area contributed by atoms with Crippen LogP contribution in [0.1, 0.15) is 19.5 Å². The fourth-order valence-corrected chi connectivity index (χ4v) is 1.87. The number of hydrogen-bond donors (Lipinski definition) is 1. The van der Waals surface area contributed by atoms with Gasteiger partial charge in [0.2, 0.25) is 0 Å². The molecule has 0 aliphatic rings. The lowest BCUT2D eigenvalue weighted by atomic mass is 10.2. The van der Waals surface area contributed by atoms with Gasteiger partial charge in [0.1, 0.15) is 11.5 Å². The van der Waals surface area contributed by atoms with Crippen LogP contribution in [0.2, 0.25) is 0 Å². The third-order valence-electron chi connectivity index (χ3n) is 2.93. The minimum absolute atomic E-state index is 0.550. The number of aryl methyl sites for hydroxylation is 1. The molecule has 0 spiro atoms. The van der Waals surface area contributed by atoms with Gasteiger partial charge in [0.15, 0.2) is 0 Å². The van der Waals surface area contributed by atoms with Crippen molar-refractivity contribution in [3.8, 4) is 11.3 Å². The van der Waals surface area contributed by atoms with Gasteiger partial charge in [0, 0.05) is 24.8 Å². The summed E-state index contributed by atoms with van der Waals surface area (Å²) in [6.45, 7) is 7.23. The van der Waals surface area contributed by atoms with Crippen LogP contribution in [-0.2, 0) is 13.6 Å². The molecule has 0 atom stereocenters. The van der Waals surface area contributed by atoms with Gasteiger partial charge in [-0.2, -0.15) is 5.10 Å². The number of nitrogen functional groups attached to an aromatic ring is 1. The maximum absolute atomic E-state index is 6.13. The highest BCUT2D eigenvalue weighted by molar-refractivity contribution is 5.71. The molecule has 2 aromatic heterocycles. The summed E-state index contributed by atoms with van der Waals surface area (Å²) in [5, 5.41) is 4.22. The van der Waals surface area contributed by atoms with E-state index < -0.39 is 0 Å². The summed E-state index contributed by atoms with van der Waals surface area (Å²) in [5.74, 6) is 1.27. The average molecular weight is 233 g/mol. The molecule has 17 heavy (non-hydrogen) atoms. The van der Waals surface area contributed by atoms with Crippen LogP contribution in [0.15, 0.2) is 12.5 Å². The van der Waals surface area contributed by atoms with Gasteiger partial charge in [-0.3, -0.25) is 4.68 Å². The lowest BCUT2D eigenvalue weighted by molar-refractivity contribution is 0.527. The van der Waals surface area contributed by atoms with Crippen LogP contribution >= 0.6 is 0 Å². The number of anilines is 1. The number of hydrogen-bond acceptors (Lipinski definition) is 3. The zero-order chi connectivity index (χ0) is 12.6. The van der Waals surface area contributed by atoms with Crippen molar-refractivity contribution in [1.82, 2.24) is 19.3 Å². The molecule has 2 aromatic rings. The largest absolute Gasteiger partial charge is 0.383 e. The summed E-state index contributed by atoms with van der Waals surface area (Å²) < 4.78 is 3.82. The van der Waals surface area contributed by atoms with Crippen molar-refractivity contribution in [2.75, 3.05) is 5.73 Å². The third-order valence-corrected chi connectivity index (χ3v) is 2.93. The molecule has 0 saturated heterocycles. The Labute approximate surface area is 101 Å². The molecule has 2 rings (SSSR count). The number of nitrogens with zero attached hydrogens (tertiary/aromatic N) is 4. The molecule has 92 valence electrons. The monoisotopic (exact) mass is 233 g/mol. The van der Waals surface area contributed by atoms with E-state index in [1.54, 1.807) is 6.33 Å². The number of nitrogens with two attached hydrogens (primary N) is 1. The first-order chi connectivity index (χ1) is 8.00. The Kier molecular flexibility index (Phi) is 2.92. The molecular weight excluding hydrogens is 214 g/mol. The van der Waals surface area contributed by atoms with Crippen LogP contribution in [0.4, 0.5) is 5.82 Å². The maximum atomic E-state index is 6.13. The summed E-state index contributed by atoms with van der Waals surface area (Å²) in [6.07, 6.45) is 3.62. The average Bonchev–Trinajstić information content (AvgIpc) is 2.75. The van der Waals surface area contributed by atoms with Gasteiger partial charge < -0.3 is 10.3 Å². The Morgan fingerprint density at radius 2 is 2.12 bits per heavy atom. The van der Waals surface area contributed by atoms with Crippen molar-refractivity contribution in [3.63, 3.8) is 0 Å². The molecule has 0 aromatic carbocycles. The van der Waals surface area contributed by atoms with Crippen molar-refractivity contribution in [1.29, 1.82) is 0 Å². The fraction of sp³-hybridized carbons (Fsp3) is 0.500. The van der Waals surface area contributed by atoms with Gasteiger partial charge in [0.25, 0.3) is 0 Å². The van der Waals surface area contributed by atoms with Crippen LogP contribution in [0.3, 0.4) is 0 Å². The van der Waals surface area contributed by atoms with E-state index in [2.05, 4.69) is 23.9 Å². The van der Waals surface area contributed by atoms with Crippen molar-refractivity contribution >= 4 is 5.82 Å². The minimum Gasteiger partial charge on any atom is -0.383 e. The minimum atomic E-state index is 0.550. The van der Waals surface area contributed by atoms with Gasteiger partial charge in [-0.15, -0.1) is 0 Å². The van der Waals surface area contributed by atoms with Crippen LogP contribution in [0, 0.1) is 12.8 Å². The van der Waals surface area contributed by atoms with E-state index in [0.717, 1.165) is 29.3 Å². The second kappa shape index (κ2) is 4.24. The van der Waals surface area contributed by atoms with Gasteiger partial charge in [-0.1, -0.05) is 13.8 Å². The quantitative estimate of drug-likeness (QED) is 0.879. The molecule has 0 aliphatic heterocycles. The van der Waals surface area contributed by atoms with Crippen molar-refractivity contribution in [3.05, 3.63) is 18.2 Å². The van der Waals surface area contributed by atoms with Crippen LogP contribution in [-0.4, -0.2) is 19.3 Å². The Bertz CT molecular complexity index is 521. The van der Waals surface area contributed by atoms with E-state index in [1.165, 1.54) is 0 Å². The molecule has 5 heteroatoms. The fourth-order valence-electron chi connectivity index (χ4n) is 1.87. The first-order valence-electron chi connectivity index (χ1n) is 5.80. The van der Waals surface area contributed by atoms with E-state index in [0.29, 0.717) is 5.92 Å². The Morgan fingerprint density at radius 1 is 1.41 bits per heavy atom. The second-order valence-corrected chi connectivity index (χ2v) is 4.79. The maximum Gasteiger partial charge on any atom is 0.131 e. The highest BCUT2D eigenvalue weighted by Crippen LogP contribution is 2.27. The highest BCUT2D eigenvalue weighted by Gasteiger charge is 2.14. The standard InChI is InChI=1S/C12H19N5/c1-8(2)6-17-7-14-11(12(17)13)10-5-15-16(4)9(10)3/h5,7-8H,6,13H2,1-4H3. The molecule has 0 aliphatic carbocycles. The lowest BCUT2D eigenvalue weighted by Crippen LogP contribution is -2.06. The van der Waals surface area contributed by atoms with Gasteiger partial charge >= 0.3 is 0 Å². The Balaban J connectivity index is 2.41. The van der Waals surface area contributed by atoms with Crippen LogP contribution < -0.4 is 5.73 Å². The number of imidazole rings is 1. The van der Waals surface area contributed by atoms with E-state index in [9.17, 15) is 0 Å². The number of aromatic nitrogens is 4. The zero-order valence-corrected chi connectivity index (χ0v) is 10.8. The summed E-state index contributed by atoms with van der Waals surface area (Å²) in [5.41, 5.74) is 9.04. The smallest absolute Gasteiger partial charge is 0.131 e. The third kappa shape index (κ3) is 2.05. The van der Waals surface area contributed by atoms with Gasteiger partial charge in [-0.05, 0) is 12.8 Å². The van der Waals surface area contributed by atoms with Gasteiger partial charge in [0.05, 0.1) is 12.5 Å². The molecule has 5 nitrogen and oxygen atoms in total. The summed E-state index contributed by atoms with van der Waals surface area (Å²) >= 11 is 0. The van der Waals surface area contributed by atoms with Crippen LogP contribution in [0.25, 0.3) is 11.3 Å². The lowest BCUT2D eigenvalue weighted by Gasteiger charge is -2.08. The zero-order valence-electron chi connectivity index (χ0n) is 10.8. The SMILES string of the molecule is Cc1c(-c2ncn(CC(C)C)c2N)cnn1C. The van der Waals surface area contributed by atoms with E-state index in [1.807, 2.05) is 29.4 Å². The van der Waals surface area contributed by atoms with E-state index in [-0.39, 0.29) is 0 Å². The summed E-state index contributed by atoms with van der Waals surface area (Å²) in [4.78, 5) is 4.40. The molecule has 0 amide bonds. The van der Waals surface area contributed by atoms with Crippen molar-refractivity contribution < 1.29 is 0 Å². The molecule has 0 saturated carbocycles. The predicted molar refractivity (Wildman–Crippen MR) is 68.4 cm³/mol. The highest BCUT2D eigenvalue weighted by atomic mass is 15.3. The Morgan fingerprint density at radius 3 is 2.65 bits per heavy atom. The molecular formula is C12H19N5.